The molecule has 0 radical (unpaired) electrons. The zero-order chi connectivity index (χ0) is 24.3. The molecule has 1 spiro atoms. The van der Waals surface area contributed by atoms with Gasteiger partial charge >= 0.3 is 0 Å². The molecule has 36 heavy (non-hydrogen) atoms. The summed E-state index contributed by atoms with van der Waals surface area (Å²) in [5, 5.41) is 3.69. The van der Waals surface area contributed by atoms with Crippen LogP contribution in [0, 0.1) is 5.92 Å². The van der Waals surface area contributed by atoms with Crippen LogP contribution in [0.5, 0.6) is 0 Å². The van der Waals surface area contributed by atoms with Gasteiger partial charge in [-0.15, -0.1) is 0 Å². The quantitative estimate of drug-likeness (QED) is 0.432. The van der Waals surface area contributed by atoms with Gasteiger partial charge in [-0.2, -0.15) is 0 Å². The third-order valence-corrected chi connectivity index (χ3v) is 9.83. The van der Waals surface area contributed by atoms with Gasteiger partial charge in [0.05, 0.1) is 11.4 Å². The molecule has 2 aliphatic heterocycles. The highest BCUT2D eigenvalue weighted by atomic mass is 15.3. The molecule has 2 fully saturated rings. The van der Waals surface area contributed by atoms with Gasteiger partial charge in [-0.25, -0.2) is 0 Å². The number of hydrogen-bond acceptors (Lipinski definition) is 3. The van der Waals surface area contributed by atoms with Gasteiger partial charge in [0.2, 0.25) is 0 Å². The SMILES string of the molecule is CC1CN(C2CCC(c3ccc(C4Nc5ccccc5N4C)cc3)C2)CCC12C=Cc1ccccc12. The summed E-state index contributed by atoms with van der Waals surface area (Å²) >= 11 is 0. The second kappa shape index (κ2) is 8.52. The Balaban J connectivity index is 1.01. The van der Waals surface area contributed by atoms with Crippen molar-refractivity contribution in [3.8, 4) is 0 Å². The fourth-order valence-electron chi connectivity index (χ4n) is 7.69. The lowest BCUT2D eigenvalue weighted by Crippen LogP contribution is -2.50. The van der Waals surface area contributed by atoms with E-state index in [1.165, 1.54) is 66.8 Å². The molecule has 2 heterocycles. The Bertz CT molecular complexity index is 1290. The van der Waals surface area contributed by atoms with Gasteiger partial charge in [0.15, 0.2) is 0 Å². The molecule has 2 aliphatic carbocycles. The first-order chi connectivity index (χ1) is 17.6. The highest BCUT2D eigenvalue weighted by Gasteiger charge is 2.45. The third kappa shape index (κ3) is 3.43. The molecule has 4 aliphatic rings. The minimum Gasteiger partial charge on any atom is -0.360 e. The van der Waals surface area contributed by atoms with Gasteiger partial charge in [0.1, 0.15) is 6.17 Å². The summed E-state index contributed by atoms with van der Waals surface area (Å²) in [6, 6.07) is 27.9. The number of rotatable bonds is 3. The standard InChI is InChI=1S/C33H37N3/c1-23-22-36(20-19-33(23)18-17-25-7-3-4-8-29(25)33)28-16-15-27(21-28)24-11-13-26(14-12-24)32-34-30-9-5-6-10-31(30)35(32)2/h3-14,17-18,23,27-28,32,34H,15-16,19-22H2,1-2H3. The molecule has 3 nitrogen and oxygen atoms in total. The lowest BCUT2D eigenvalue weighted by molar-refractivity contribution is 0.0898. The maximum atomic E-state index is 3.69. The molecule has 7 rings (SSSR count). The van der Waals surface area contributed by atoms with Crippen molar-refractivity contribution in [3.63, 3.8) is 0 Å². The van der Waals surface area contributed by atoms with Crippen LogP contribution < -0.4 is 10.2 Å². The number of allylic oxidation sites excluding steroid dienone is 1. The number of nitrogens with zero attached hydrogens (tertiary/aromatic N) is 2. The number of anilines is 2. The topological polar surface area (TPSA) is 18.5 Å². The van der Waals surface area contributed by atoms with E-state index in [0.29, 0.717) is 11.8 Å². The van der Waals surface area contributed by atoms with Gasteiger partial charge < -0.3 is 15.1 Å². The Kier molecular flexibility index (Phi) is 5.25. The molecule has 184 valence electrons. The molecular weight excluding hydrogens is 438 g/mol. The van der Waals surface area contributed by atoms with Crippen LogP contribution >= 0.6 is 0 Å². The van der Waals surface area contributed by atoms with Crippen LogP contribution in [0.4, 0.5) is 11.4 Å². The van der Waals surface area contributed by atoms with Crippen molar-refractivity contribution < 1.29 is 0 Å². The maximum absolute atomic E-state index is 3.69. The molecule has 5 unspecified atom stereocenters. The van der Waals surface area contributed by atoms with Gasteiger partial charge in [0, 0.05) is 25.0 Å². The largest absolute Gasteiger partial charge is 0.360 e. The first-order valence-corrected chi connectivity index (χ1v) is 13.8. The summed E-state index contributed by atoms with van der Waals surface area (Å²) in [5.41, 5.74) is 8.61. The van der Waals surface area contributed by atoms with Gasteiger partial charge in [-0.05, 0) is 78.5 Å². The van der Waals surface area contributed by atoms with Crippen molar-refractivity contribution in [2.24, 2.45) is 5.92 Å². The van der Waals surface area contributed by atoms with Crippen LogP contribution in [0.15, 0.2) is 78.9 Å². The van der Waals surface area contributed by atoms with Crippen LogP contribution in [0.25, 0.3) is 6.08 Å². The minimum atomic E-state index is 0.213. The molecule has 0 amide bonds. The van der Waals surface area contributed by atoms with Crippen molar-refractivity contribution in [2.45, 2.75) is 56.1 Å². The minimum absolute atomic E-state index is 0.213. The van der Waals surface area contributed by atoms with Crippen molar-refractivity contribution in [3.05, 3.63) is 101 Å². The van der Waals surface area contributed by atoms with Crippen molar-refractivity contribution >= 4 is 17.5 Å². The molecule has 0 bridgehead atoms. The fraction of sp³-hybridized carbons (Fsp3) is 0.394. The van der Waals surface area contributed by atoms with Crippen LogP contribution in [-0.4, -0.2) is 31.1 Å². The molecule has 5 atom stereocenters. The maximum Gasteiger partial charge on any atom is 0.125 e. The monoisotopic (exact) mass is 475 g/mol. The van der Waals surface area contributed by atoms with Gasteiger partial charge in [-0.3, -0.25) is 0 Å². The summed E-state index contributed by atoms with van der Waals surface area (Å²) in [7, 11) is 2.18. The van der Waals surface area contributed by atoms with Crippen LogP contribution in [0.3, 0.4) is 0 Å². The zero-order valence-electron chi connectivity index (χ0n) is 21.5. The van der Waals surface area contributed by atoms with Gasteiger partial charge in [0.25, 0.3) is 0 Å². The van der Waals surface area contributed by atoms with Crippen LogP contribution in [0.2, 0.25) is 0 Å². The lowest BCUT2D eigenvalue weighted by Gasteiger charge is -2.46. The molecule has 3 aromatic rings. The number of nitrogens with one attached hydrogen (secondary N) is 1. The summed E-state index contributed by atoms with van der Waals surface area (Å²) in [4.78, 5) is 5.17. The number of likely N-dealkylation sites (tertiary alicyclic amines) is 1. The number of benzene rings is 3. The van der Waals surface area contributed by atoms with E-state index in [-0.39, 0.29) is 11.6 Å². The zero-order valence-corrected chi connectivity index (χ0v) is 21.5. The number of piperidine rings is 1. The van der Waals surface area contributed by atoms with E-state index >= 15 is 0 Å². The second-order valence-electron chi connectivity index (χ2n) is 11.6. The Morgan fingerprint density at radius 1 is 0.889 bits per heavy atom. The summed E-state index contributed by atoms with van der Waals surface area (Å²) < 4.78 is 0. The number of fused-ring (bicyclic) bond motifs is 3. The highest BCUT2D eigenvalue weighted by molar-refractivity contribution is 5.76. The molecular formula is C33H37N3. The third-order valence-electron chi connectivity index (χ3n) is 9.83. The Labute approximate surface area is 215 Å². The molecule has 1 N–H and O–H groups in total. The fourth-order valence-corrected chi connectivity index (χ4v) is 7.69. The average Bonchev–Trinajstić information content (AvgIpc) is 3.64. The predicted molar refractivity (Wildman–Crippen MR) is 151 cm³/mol. The Hall–Kier alpha value is -3.04. The van der Waals surface area contributed by atoms with Gasteiger partial charge in [-0.1, -0.05) is 79.7 Å². The second-order valence-corrected chi connectivity index (χ2v) is 11.6. The molecule has 1 saturated heterocycles. The number of para-hydroxylation sites is 2. The van der Waals surface area contributed by atoms with E-state index in [2.05, 4.69) is 114 Å². The smallest absolute Gasteiger partial charge is 0.125 e. The van der Waals surface area contributed by atoms with E-state index in [9.17, 15) is 0 Å². The first-order valence-electron chi connectivity index (χ1n) is 13.8. The molecule has 3 aromatic carbocycles. The van der Waals surface area contributed by atoms with Crippen molar-refractivity contribution in [1.29, 1.82) is 0 Å². The van der Waals surface area contributed by atoms with Crippen LogP contribution in [0.1, 0.15) is 66.9 Å². The van der Waals surface area contributed by atoms with Crippen molar-refractivity contribution in [2.75, 3.05) is 30.4 Å². The lowest BCUT2D eigenvalue weighted by atomic mass is 9.68. The Morgan fingerprint density at radius 2 is 1.67 bits per heavy atom. The Morgan fingerprint density at radius 3 is 2.50 bits per heavy atom. The van der Waals surface area contributed by atoms with E-state index in [4.69, 9.17) is 0 Å². The average molecular weight is 476 g/mol. The highest BCUT2D eigenvalue weighted by Crippen LogP contribution is 2.48. The molecule has 0 aromatic heterocycles. The van der Waals surface area contributed by atoms with E-state index in [0.717, 1.165) is 6.04 Å². The molecule has 3 heteroatoms. The van der Waals surface area contributed by atoms with Crippen LogP contribution in [-0.2, 0) is 5.41 Å². The number of hydrogen-bond donors (Lipinski definition) is 1. The van der Waals surface area contributed by atoms with E-state index in [1.807, 2.05) is 0 Å². The van der Waals surface area contributed by atoms with E-state index in [1.54, 1.807) is 5.56 Å². The first kappa shape index (κ1) is 22.2. The predicted octanol–water partition coefficient (Wildman–Crippen LogP) is 7.19. The molecule has 1 saturated carbocycles. The summed E-state index contributed by atoms with van der Waals surface area (Å²) in [6.45, 7) is 4.92. The van der Waals surface area contributed by atoms with E-state index < -0.39 is 0 Å². The van der Waals surface area contributed by atoms with Crippen molar-refractivity contribution in [1.82, 2.24) is 4.90 Å². The summed E-state index contributed by atoms with van der Waals surface area (Å²) in [5.74, 6) is 1.35. The summed E-state index contributed by atoms with van der Waals surface area (Å²) in [6.07, 6.45) is 10.3. The normalized spacial score (nSPS) is 31.0.